The summed E-state index contributed by atoms with van der Waals surface area (Å²) in [4.78, 5) is 42.3. The number of nitrogens with zero attached hydrogens (tertiary/aromatic N) is 3. The molecule has 4 rings (SSSR count). The van der Waals surface area contributed by atoms with E-state index in [0.29, 0.717) is 54.8 Å². The van der Waals surface area contributed by atoms with Crippen molar-refractivity contribution in [1.82, 2.24) is 15.0 Å². The van der Waals surface area contributed by atoms with E-state index in [9.17, 15) is 24.6 Å². The Labute approximate surface area is 287 Å². The van der Waals surface area contributed by atoms with Crippen molar-refractivity contribution in [1.29, 1.82) is 0 Å². The molecule has 2 aromatic carbocycles. The number of likely N-dealkylation sites (N-methyl/N-ethyl adjacent to an activating group) is 1. The Hall–Kier alpha value is -4.46. The molecule has 1 aliphatic rings. The number of amides is 3. The maximum Gasteiger partial charge on any atom is 0.335 e. The number of benzene rings is 2. The Morgan fingerprint density at radius 1 is 1.10 bits per heavy atom. The number of hydrogen-bond acceptors (Lipinski definition) is 9. The van der Waals surface area contributed by atoms with Gasteiger partial charge in [-0.25, -0.2) is 9.59 Å². The minimum atomic E-state index is -0.965. The number of nitrogens with one attached hydrogen (secondary N) is 2. The van der Waals surface area contributed by atoms with E-state index in [-0.39, 0.29) is 41.8 Å². The fourth-order valence-electron chi connectivity index (χ4n) is 5.84. The molecule has 0 spiro atoms. The van der Waals surface area contributed by atoms with Gasteiger partial charge in [-0.05, 0) is 89.9 Å². The second-order valence-electron chi connectivity index (χ2n) is 13.0. The lowest BCUT2D eigenvalue weighted by Crippen LogP contribution is -2.47. The van der Waals surface area contributed by atoms with Crippen molar-refractivity contribution < 1.29 is 38.6 Å². The molecule has 1 aromatic heterocycles. The second-order valence-corrected chi connectivity index (χ2v) is 13.0. The number of rotatable bonds is 9. The van der Waals surface area contributed by atoms with Gasteiger partial charge in [-0.2, -0.15) is 0 Å². The van der Waals surface area contributed by atoms with E-state index in [1.54, 1.807) is 56.0 Å². The highest BCUT2D eigenvalue weighted by atomic mass is 16.5. The van der Waals surface area contributed by atoms with Gasteiger partial charge in [0.1, 0.15) is 17.1 Å². The summed E-state index contributed by atoms with van der Waals surface area (Å²) in [5, 5.41) is 28.9. The largest absolute Gasteiger partial charge is 0.490 e. The third kappa shape index (κ3) is 10.3. The summed E-state index contributed by atoms with van der Waals surface area (Å²) in [6, 6.07) is 10.8. The first-order valence-corrected chi connectivity index (χ1v) is 16.7. The number of fused-ring (bicyclic) bond motifs is 1. The van der Waals surface area contributed by atoms with Crippen LogP contribution in [0.1, 0.15) is 77.8 Å². The van der Waals surface area contributed by atoms with Gasteiger partial charge in [0.2, 0.25) is 0 Å². The molecule has 13 nitrogen and oxygen atoms in total. The molecule has 3 aromatic rings. The Bertz CT molecular complexity index is 1560. The summed E-state index contributed by atoms with van der Waals surface area (Å²) in [6.07, 6.45) is 2.03. The molecule has 3 amide bonds. The van der Waals surface area contributed by atoms with Crippen molar-refractivity contribution in [2.45, 2.75) is 78.7 Å². The van der Waals surface area contributed by atoms with Crippen LogP contribution in [0.15, 0.2) is 47.0 Å². The van der Waals surface area contributed by atoms with Crippen LogP contribution >= 0.6 is 0 Å². The summed E-state index contributed by atoms with van der Waals surface area (Å²) in [5.41, 5.74) is 2.88. The van der Waals surface area contributed by atoms with Gasteiger partial charge in [-0.3, -0.25) is 9.69 Å². The third-order valence-electron chi connectivity index (χ3n) is 8.73. The number of aryl methyl sites for hydroxylation is 2. The number of anilines is 2. The number of carboxylic acids is 1. The monoisotopic (exact) mass is 679 g/mol. The maximum atomic E-state index is 14.4. The lowest BCUT2D eigenvalue weighted by atomic mass is 10.0. The van der Waals surface area contributed by atoms with Gasteiger partial charge in [0, 0.05) is 37.8 Å². The standard InChI is InChI=1S/C36H49N5O8/c1-22-18-41(23(2)21-42)34(43)30-17-29(37-36(46)38-33-25(4)39-49-26(33)5)14-15-31(30)48-24(3)9-7-8-16-47-32(22)20-40(6)19-27-10-12-28(13-11-27)35(44)45/h10-15,17,22-24,32,42H,7-9,16,18-21H2,1-6H3,(H,44,45)(H2,37,38,46)/t22-,23-,24+,32-/m0/s1. The van der Waals surface area contributed by atoms with Crippen LogP contribution in [-0.2, 0) is 11.3 Å². The zero-order valence-electron chi connectivity index (χ0n) is 29.2. The smallest absolute Gasteiger partial charge is 0.335 e. The van der Waals surface area contributed by atoms with Gasteiger partial charge in [0.25, 0.3) is 5.91 Å². The van der Waals surface area contributed by atoms with E-state index < -0.39 is 18.0 Å². The van der Waals surface area contributed by atoms with Gasteiger partial charge in [0.15, 0.2) is 5.76 Å². The van der Waals surface area contributed by atoms with Crippen LogP contribution in [0.4, 0.5) is 16.2 Å². The summed E-state index contributed by atoms with van der Waals surface area (Å²) >= 11 is 0. The number of aromatic nitrogens is 1. The lowest BCUT2D eigenvalue weighted by molar-refractivity contribution is -0.0177. The first-order chi connectivity index (χ1) is 23.4. The number of aliphatic hydroxyl groups is 1. The minimum Gasteiger partial charge on any atom is -0.490 e. The van der Waals surface area contributed by atoms with Crippen molar-refractivity contribution in [3.05, 3.63) is 70.6 Å². The summed E-state index contributed by atoms with van der Waals surface area (Å²) in [6.45, 7) is 11.0. The first-order valence-electron chi connectivity index (χ1n) is 16.7. The topological polar surface area (TPSA) is 167 Å². The molecular weight excluding hydrogens is 630 g/mol. The van der Waals surface area contributed by atoms with E-state index in [4.69, 9.17) is 14.0 Å². The lowest BCUT2D eigenvalue weighted by Gasteiger charge is -2.36. The summed E-state index contributed by atoms with van der Waals surface area (Å²) < 4.78 is 17.9. The Balaban J connectivity index is 1.58. The van der Waals surface area contributed by atoms with Crippen LogP contribution in [0, 0.1) is 19.8 Å². The molecule has 266 valence electrons. The highest BCUT2D eigenvalue weighted by Crippen LogP contribution is 2.29. The van der Waals surface area contributed by atoms with Crippen LogP contribution in [0.5, 0.6) is 5.75 Å². The van der Waals surface area contributed by atoms with Crippen LogP contribution in [0.25, 0.3) is 0 Å². The molecular formula is C36H49N5O8. The molecule has 0 radical (unpaired) electrons. The van der Waals surface area contributed by atoms with Crippen LogP contribution in [0.3, 0.4) is 0 Å². The SMILES string of the molecule is Cc1noc(C)c1NC(=O)Nc1ccc2c(c1)C(=O)N([C@@H](C)CO)C[C@H](C)[C@H](CN(C)Cc1ccc(C(=O)O)cc1)OCCCC[C@@H](C)O2. The molecule has 4 N–H and O–H groups in total. The fraction of sp³-hybridized carbons (Fsp3) is 0.500. The highest BCUT2D eigenvalue weighted by molar-refractivity contribution is 6.03. The molecule has 0 aliphatic carbocycles. The number of aromatic carboxylic acids is 1. The van der Waals surface area contributed by atoms with Gasteiger partial charge in [-0.1, -0.05) is 24.2 Å². The molecule has 0 unspecified atom stereocenters. The molecule has 49 heavy (non-hydrogen) atoms. The predicted octanol–water partition coefficient (Wildman–Crippen LogP) is 5.56. The first kappa shape index (κ1) is 37.4. The Kier molecular flexibility index (Phi) is 13.2. The highest BCUT2D eigenvalue weighted by Gasteiger charge is 2.30. The summed E-state index contributed by atoms with van der Waals surface area (Å²) in [7, 11) is 1.98. The number of carbonyl (C=O) groups is 3. The van der Waals surface area contributed by atoms with Gasteiger partial charge in [0.05, 0.1) is 36.0 Å². The molecule has 4 atom stereocenters. The minimum absolute atomic E-state index is 0.122. The maximum absolute atomic E-state index is 14.4. The number of ether oxygens (including phenoxy) is 2. The van der Waals surface area contributed by atoms with Crippen LogP contribution in [0.2, 0.25) is 0 Å². The quantitative estimate of drug-likeness (QED) is 0.225. The van der Waals surface area contributed by atoms with E-state index in [1.807, 2.05) is 33.0 Å². The number of hydrogen-bond donors (Lipinski definition) is 4. The number of carbonyl (C=O) groups excluding carboxylic acids is 2. The average molecular weight is 680 g/mol. The number of urea groups is 1. The van der Waals surface area contributed by atoms with E-state index in [1.165, 1.54) is 0 Å². The third-order valence-corrected chi connectivity index (χ3v) is 8.73. The molecule has 1 aliphatic heterocycles. The van der Waals surface area contributed by atoms with Crippen molar-refractivity contribution in [3.63, 3.8) is 0 Å². The van der Waals surface area contributed by atoms with Gasteiger partial charge < -0.3 is 39.7 Å². The van der Waals surface area contributed by atoms with Crippen molar-refractivity contribution >= 4 is 29.3 Å². The van der Waals surface area contributed by atoms with E-state index in [0.717, 1.165) is 24.8 Å². The Morgan fingerprint density at radius 2 is 1.84 bits per heavy atom. The fourth-order valence-corrected chi connectivity index (χ4v) is 5.84. The number of carboxylic acid groups (broad SMARTS) is 1. The molecule has 2 heterocycles. The molecule has 13 heteroatoms. The van der Waals surface area contributed by atoms with E-state index >= 15 is 0 Å². The van der Waals surface area contributed by atoms with Crippen LogP contribution in [-0.4, -0.2) is 94.7 Å². The molecule has 0 bridgehead atoms. The number of aliphatic hydroxyl groups excluding tert-OH is 1. The van der Waals surface area contributed by atoms with Gasteiger partial charge in [-0.15, -0.1) is 0 Å². The predicted molar refractivity (Wildman–Crippen MR) is 185 cm³/mol. The molecule has 0 saturated heterocycles. The average Bonchev–Trinajstić information content (AvgIpc) is 3.38. The van der Waals surface area contributed by atoms with Crippen molar-refractivity contribution in [2.24, 2.45) is 5.92 Å². The van der Waals surface area contributed by atoms with Crippen LogP contribution < -0.4 is 15.4 Å². The zero-order valence-corrected chi connectivity index (χ0v) is 29.2. The van der Waals surface area contributed by atoms with Crippen molar-refractivity contribution in [2.75, 3.05) is 44.0 Å². The Morgan fingerprint density at radius 3 is 2.49 bits per heavy atom. The van der Waals surface area contributed by atoms with E-state index in [2.05, 4.69) is 20.7 Å². The summed E-state index contributed by atoms with van der Waals surface area (Å²) in [5.74, 6) is -0.556. The normalized spacial score (nSPS) is 19.8. The molecule has 0 fully saturated rings. The zero-order chi connectivity index (χ0) is 35.7. The van der Waals surface area contributed by atoms with Gasteiger partial charge >= 0.3 is 12.0 Å². The van der Waals surface area contributed by atoms with Crippen molar-refractivity contribution in [3.8, 4) is 5.75 Å². The molecule has 0 saturated carbocycles. The second kappa shape index (κ2) is 17.3.